The van der Waals surface area contributed by atoms with E-state index in [1.165, 1.54) is 41.3 Å². The Labute approximate surface area is 159 Å². The number of nitrogens with one attached hydrogen (secondary N) is 1. The number of hydrogen-bond donors (Lipinski definition) is 2. The number of carbonyl (C=O) groups is 3. The number of piperazine rings is 1. The van der Waals surface area contributed by atoms with Crippen LogP contribution in [0, 0.1) is 11.6 Å². The lowest BCUT2D eigenvalue weighted by molar-refractivity contribution is 0.0671. The Morgan fingerprint density at radius 1 is 0.929 bits per heavy atom. The molecule has 0 radical (unpaired) electrons. The van der Waals surface area contributed by atoms with Crippen LogP contribution in [0.15, 0.2) is 42.5 Å². The van der Waals surface area contributed by atoms with Crippen LogP contribution < -0.4 is 11.1 Å². The fourth-order valence-corrected chi connectivity index (χ4v) is 2.91. The second-order valence-corrected chi connectivity index (χ2v) is 6.28. The van der Waals surface area contributed by atoms with Gasteiger partial charge in [0.25, 0.3) is 11.8 Å². The van der Waals surface area contributed by atoms with E-state index in [0.717, 1.165) is 6.07 Å². The van der Waals surface area contributed by atoms with Crippen molar-refractivity contribution in [1.82, 2.24) is 9.80 Å². The van der Waals surface area contributed by atoms with Crippen LogP contribution in [0.1, 0.15) is 20.7 Å². The second kappa shape index (κ2) is 8.03. The fraction of sp³-hybridized carbons (Fsp3) is 0.211. The molecule has 146 valence electrons. The first-order valence-corrected chi connectivity index (χ1v) is 8.55. The predicted octanol–water partition coefficient (Wildman–Crippen LogP) is 2.05. The van der Waals surface area contributed by atoms with Crippen molar-refractivity contribution in [3.8, 4) is 0 Å². The Morgan fingerprint density at radius 2 is 1.61 bits per heavy atom. The molecule has 3 rings (SSSR count). The summed E-state index contributed by atoms with van der Waals surface area (Å²) < 4.78 is 27.1. The average Bonchev–Trinajstić information content (AvgIpc) is 2.67. The molecule has 0 spiro atoms. The fourth-order valence-electron chi connectivity index (χ4n) is 2.91. The van der Waals surface area contributed by atoms with Crippen LogP contribution in [0.25, 0.3) is 0 Å². The molecule has 0 bridgehead atoms. The van der Waals surface area contributed by atoms with Crippen LogP contribution >= 0.6 is 0 Å². The van der Waals surface area contributed by atoms with E-state index < -0.39 is 23.6 Å². The number of urea groups is 1. The third kappa shape index (κ3) is 4.25. The summed E-state index contributed by atoms with van der Waals surface area (Å²) in [4.78, 5) is 38.8. The maximum Gasteiger partial charge on any atom is 0.321 e. The van der Waals surface area contributed by atoms with Gasteiger partial charge >= 0.3 is 6.03 Å². The Kier molecular flexibility index (Phi) is 5.53. The van der Waals surface area contributed by atoms with Crippen molar-refractivity contribution < 1.29 is 23.2 Å². The lowest BCUT2D eigenvalue weighted by atomic mass is 10.1. The monoisotopic (exact) mass is 388 g/mol. The lowest BCUT2D eigenvalue weighted by Crippen LogP contribution is -2.51. The zero-order chi connectivity index (χ0) is 20.3. The summed E-state index contributed by atoms with van der Waals surface area (Å²) in [6.07, 6.45) is 0. The highest BCUT2D eigenvalue weighted by Crippen LogP contribution is 2.16. The second-order valence-electron chi connectivity index (χ2n) is 6.28. The molecule has 2 aromatic carbocycles. The van der Waals surface area contributed by atoms with Gasteiger partial charge in [-0.1, -0.05) is 6.07 Å². The number of benzene rings is 2. The molecule has 0 aromatic heterocycles. The van der Waals surface area contributed by atoms with Gasteiger partial charge in [0.1, 0.15) is 11.6 Å². The van der Waals surface area contributed by atoms with Crippen LogP contribution in [-0.2, 0) is 0 Å². The van der Waals surface area contributed by atoms with Crippen molar-refractivity contribution in [2.75, 3.05) is 31.5 Å². The van der Waals surface area contributed by atoms with Crippen LogP contribution in [0.4, 0.5) is 19.3 Å². The molecule has 0 atom stereocenters. The van der Waals surface area contributed by atoms with E-state index in [-0.39, 0.29) is 48.9 Å². The van der Waals surface area contributed by atoms with Crippen LogP contribution in [0.3, 0.4) is 0 Å². The van der Waals surface area contributed by atoms with Crippen LogP contribution in [0.5, 0.6) is 0 Å². The highest BCUT2D eigenvalue weighted by atomic mass is 19.1. The molecule has 1 aliphatic heterocycles. The highest BCUT2D eigenvalue weighted by molar-refractivity contribution is 5.95. The molecule has 9 heteroatoms. The first-order valence-electron chi connectivity index (χ1n) is 8.55. The topological polar surface area (TPSA) is 95.7 Å². The number of rotatable bonds is 3. The molecule has 1 fully saturated rings. The Hall–Kier alpha value is -3.49. The summed E-state index contributed by atoms with van der Waals surface area (Å²) in [5.41, 5.74) is 5.22. The molecule has 7 nitrogen and oxygen atoms in total. The van der Waals surface area contributed by atoms with Gasteiger partial charge in [-0.15, -0.1) is 0 Å². The lowest BCUT2D eigenvalue weighted by Gasteiger charge is -2.34. The predicted molar refractivity (Wildman–Crippen MR) is 97.8 cm³/mol. The molecule has 3 N–H and O–H groups in total. The Morgan fingerprint density at radius 3 is 2.21 bits per heavy atom. The van der Waals surface area contributed by atoms with Crippen molar-refractivity contribution in [3.05, 3.63) is 65.2 Å². The van der Waals surface area contributed by atoms with Crippen molar-refractivity contribution in [1.29, 1.82) is 0 Å². The summed E-state index contributed by atoms with van der Waals surface area (Å²) in [5.74, 6) is -2.51. The summed E-state index contributed by atoms with van der Waals surface area (Å²) in [6, 6.07) is 8.58. The third-order valence-electron chi connectivity index (χ3n) is 4.41. The average molecular weight is 388 g/mol. The minimum Gasteiger partial charge on any atom is -0.366 e. The smallest absolute Gasteiger partial charge is 0.321 e. The number of anilines is 1. The molecule has 28 heavy (non-hydrogen) atoms. The first kappa shape index (κ1) is 19.3. The zero-order valence-electron chi connectivity index (χ0n) is 14.8. The molecule has 0 aliphatic carbocycles. The van der Waals surface area contributed by atoms with Gasteiger partial charge in [0.2, 0.25) is 0 Å². The van der Waals surface area contributed by atoms with Crippen LogP contribution in [-0.4, -0.2) is 53.8 Å². The molecular formula is C19H18F2N4O3. The number of halogens is 2. The molecule has 0 saturated carbocycles. The van der Waals surface area contributed by atoms with Crippen molar-refractivity contribution in [3.63, 3.8) is 0 Å². The van der Waals surface area contributed by atoms with Gasteiger partial charge in [0.05, 0.1) is 5.56 Å². The molecule has 1 saturated heterocycles. The standard InChI is InChI=1S/C19H18F2N4O3/c20-13-3-1-2-12(10-13)18(27)24-6-8-25(9-7-24)19(28)23-14-4-5-15(17(22)26)16(21)11-14/h1-5,10-11H,6-9H2,(H2,22,26)(H,23,28). The molecular weight excluding hydrogens is 370 g/mol. The molecule has 1 heterocycles. The SMILES string of the molecule is NC(=O)c1ccc(NC(=O)N2CCN(C(=O)c3cccc(F)c3)CC2)cc1F. The van der Waals surface area contributed by atoms with Crippen molar-refractivity contribution in [2.45, 2.75) is 0 Å². The minimum absolute atomic E-state index is 0.186. The van der Waals surface area contributed by atoms with Crippen molar-refractivity contribution >= 4 is 23.5 Å². The van der Waals surface area contributed by atoms with E-state index >= 15 is 0 Å². The number of amides is 4. The number of nitrogens with two attached hydrogens (primary N) is 1. The number of primary amides is 1. The maximum absolute atomic E-state index is 13.8. The quantitative estimate of drug-likeness (QED) is 0.842. The summed E-state index contributed by atoms with van der Waals surface area (Å²) in [5, 5.41) is 2.54. The van der Waals surface area contributed by atoms with Gasteiger partial charge in [0, 0.05) is 37.4 Å². The van der Waals surface area contributed by atoms with Gasteiger partial charge in [-0.3, -0.25) is 9.59 Å². The van der Waals surface area contributed by atoms with Gasteiger partial charge in [-0.25, -0.2) is 13.6 Å². The summed E-state index contributed by atoms with van der Waals surface area (Å²) >= 11 is 0. The largest absolute Gasteiger partial charge is 0.366 e. The highest BCUT2D eigenvalue weighted by Gasteiger charge is 2.25. The number of hydrogen-bond acceptors (Lipinski definition) is 3. The zero-order valence-corrected chi connectivity index (χ0v) is 14.8. The van der Waals surface area contributed by atoms with Gasteiger partial charge in [-0.05, 0) is 36.4 Å². The van der Waals surface area contributed by atoms with Crippen LogP contribution in [0.2, 0.25) is 0 Å². The maximum atomic E-state index is 13.8. The number of nitrogens with zero attached hydrogens (tertiary/aromatic N) is 2. The van der Waals surface area contributed by atoms with E-state index in [2.05, 4.69) is 5.32 Å². The minimum atomic E-state index is -0.894. The van der Waals surface area contributed by atoms with E-state index in [0.29, 0.717) is 0 Å². The molecule has 0 unspecified atom stereocenters. The van der Waals surface area contributed by atoms with E-state index in [9.17, 15) is 23.2 Å². The van der Waals surface area contributed by atoms with Crippen molar-refractivity contribution in [2.24, 2.45) is 5.73 Å². The summed E-state index contributed by atoms with van der Waals surface area (Å²) in [6.45, 7) is 1.12. The van der Waals surface area contributed by atoms with E-state index in [1.54, 1.807) is 4.90 Å². The third-order valence-corrected chi connectivity index (χ3v) is 4.41. The first-order chi connectivity index (χ1) is 13.3. The van der Waals surface area contributed by atoms with Gasteiger partial charge in [-0.2, -0.15) is 0 Å². The van der Waals surface area contributed by atoms with Gasteiger partial charge < -0.3 is 20.9 Å². The Bertz CT molecular complexity index is 927. The normalized spacial score (nSPS) is 13.9. The Balaban J connectivity index is 1.57. The molecule has 2 aromatic rings. The van der Waals surface area contributed by atoms with Gasteiger partial charge in [0.15, 0.2) is 0 Å². The van der Waals surface area contributed by atoms with E-state index in [4.69, 9.17) is 5.73 Å². The van der Waals surface area contributed by atoms with E-state index in [1.807, 2.05) is 0 Å². The number of carbonyl (C=O) groups excluding carboxylic acids is 3. The molecule has 1 aliphatic rings. The summed E-state index contributed by atoms with van der Waals surface area (Å²) in [7, 11) is 0. The molecule has 4 amide bonds.